The zero-order chi connectivity index (χ0) is 18.7. The Balaban J connectivity index is 1.54. The van der Waals surface area contributed by atoms with Gasteiger partial charge in [0.25, 0.3) is 5.91 Å². The Hall–Kier alpha value is -2.38. The van der Waals surface area contributed by atoms with Crippen molar-refractivity contribution >= 4 is 23.5 Å². The van der Waals surface area contributed by atoms with Crippen LogP contribution in [0.5, 0.6) is 0 Å². The summed E-state index contributed by atoms with van der Waals surface area (Å²) in [5, 5.41) is 19.5. The van der Waals surface area contributed by atoms with Crippen molar-refractivity contribution in [1.82, 2.24) is 20.4 Å². The van der Waals surface area contributed by atoms with Gasteiger partial charge in [-0.3, -0.25) is 19.6 Å². The Bertz CT molecular complexity index is 784. The molecule has 138 valence electrons. The maximum absolute atomic E-state index is 12.4. The first-order chi connectivity index (χ1) is 12.5. The molecule has 0 radical (unpaired) electrons. The fourth-order valence-corrected chi connectivity index (χ4v) is 3.27. The Labute approximate surface area is 156 Å². The number of H-pyrrole nitrogens is 1. The first-order valence-corrected chi connectivity index (χ1v) is 8.92. The Kier molecular flexibility index (Phi) is 5.58. The van der Waals surface area contributed by atoms with Crippen molar-refractivity contribution < 1.29 is 14.7 Å². The van der Waals surface area contributed by atoms with Gasteiger partial charge in [0, 0.05) is 22.7 Å². The summed E-state index contributed by atoms with van der Waals surface area (Å²) in [7, 11) is 0. The Morgan fingerprint density at radius 1 is 1.35 bits per heavy atom. The molecule has 0 saturated heterocycles. The second-order valence-corrected chi connectivity index (χ2v) is 6.86. The van der Waals surface area contributed by atoms with Crippen LogP contribution in [0.25, 0.3) is 11.3 Å². The van der Waals surface area contributed by atoms with Gasteiger partial charge in [-0.15, -0.1) is 0 Å². The molecule has 1 saturated carbocycles. The molecule has 1 aliphatic carbocycles. The fraction of sp³-hybridized carbons (Fsp3) is 0.389. The summed E-state index contributed by atoms with van der Waals surface area (Å²) in [6.45, 7) is 2.66. The van der Waals surface area contributed by atoms with Crippen LogP contribution in [0.2, 0.25) is 5.02 Å². The van der Waals surface area contributed by atoms with E-state index in [2.05, 4.69) is 15.5 Å². The fourth-order valence-electron chi connectivity index (χ4n) is 3.15. The molecule has 3 rings (SSSR count). The maximum atomic E-state index is 12.4. The van der Waals surface area contributed by atoms with Crippen LogP contribution >= 0.6 is 11.6 Å². The molecule has 0 spiro atoms. The van der Waals surface area contributed by atoms with Crippen LogP contribution in [-0.4, -0.2) is 57.3 Å². The second-order valence-electron chi connectivity index (χ2n) is 6.43. The van der Waals surface area contributed by atoms with Crippen LogP contribution in [0.1, 0.15) is 30.3 Å². The van der Waals surface area contributed by atoms with Gasteiger partial charge >= 0.3 is 5.97 Å². The van der Waals surface area contributed by atoms with Gasteiger partial charge in [0.2, 0.25) is 0 Å². The van der Waals surface area contributed by atoms with E-state index in [1.54, 1.807) is 18.2 Å². The molecule has 0 bridgehead atoms. The normalized spacial score (nSPS) is 19.2. The van der Waals surface area contributed by atoms with E-state index in [0.29, 0.717) is 23.0 Å². The lowest BCUT2D eigenvalue weighted by molar-refractivity contribution is -0.139. The number of aromatic nitrogens is 2. The minimum Gasteiger partial charge on any atom is -0.480 e. The summed E-state index contributed by atoms with van der Waals surface area (Å²) in [5.41, 5.74) is 1.95. The average Bonchev–Trinajstić information content (AvgIpc) is 3.06. The molecule has 1 heterocycles. The zero-order valence-corrected chi connectivity index (χ0v) is 15.2. The van der Waals surface area contributed by atoms with Crippen LogP contribution < -0.4 is 5.32 Å². The molecule has 3 N–H and O–H groups in total. The number of carbonyl (C=O) groups is 2. The number of aromatic amines is 1. The Morgan fingerprint density at radius 2 is 2.04 bits per heavy atom. The number of likely N-dealkylation sites (N-methyl/N-ethyl adjacent to an activating group) is 1. The van der Waals surface area contributed by atoms with Gasteiger partial charge < -0.3 is 10.4 Å². The van der Waals surface area contributed by atoms with Gasteiger partial charge in [-0.1, -0.05) is 30.7 Å². The third-order valence-electron chi connectivity index (χ3n) is 4.67. The van der Waals surface area contributed by atoms with Crippen molar-refractivity contribution in [2.24, 2.45) is 0 Å². The molecule has 8 heteroatoms. The van der Waals surface area contributed by atoms with Crippen molar-refractivity contribution in [2.75, 3.05) is 13.1 Å². The highest BCUT2D eigenvalue weighted by Crippen LogP contribution is 2.26. The van der Waals surface area contributed by atoms with Crippen molar-refractivity contribution in [1.29, 1.82) is 0 Å². The summed E-state index contributed by atoms with van der Waals surface area (Å²) >= 11 is 5.88. The van der Waals surface area contributed by atoms with E-state index in [1.165, 1.54) is 0 Å². The molecule has 1 aromatic carbocycles. The van der Waals surface area contributed by atoms with E-state index < -0.39 is 5.97 Å². The minimum absolute atomic E-state index is 0.0346. The molecule has 0 atom stereocenters. The molecule has 26 heavy (non-hydrogen) atoms. The highest BCUT2D eigenvalue weighted by Gasteiger charge is 2.35. The van der Waals surface area contributed by atoms with E-state index in [-0.39, 0.29) is 24.5 Å². The van der Waals surface area contributed by atoms with Gasteiger partial charge in [-0.25, -0.2) is 0 Å². The number of hydrogen-bond acceptors (Lipinski definition) is 4. The highest BCUT2D eigenvalue weighted by molar-refractivity contribution is 6.30. The van der Waals surface area contributed by atoms with E-state index >= 15 is 0 Å². The number of carboxylic acid groups (broad SMARTS) is 1. The summed E-state index contributed by atoms with van der Waals surface area (Å²) in [6, 6.07) is 9.20. The molecule has 1 fully saturated rings. The van der Waals surface area contributed by atoms with E-state index in [1.807, 2.05) is 24.0 Å². The van der Waals surface area contributed by atoms with E-state index in [0.717, 1.165) is 18.4 Å². The summed E-state index contributed by atoms with van der Waals surface area (Å²) < 4.78 is 0. The first kappa shape index (κ1) is 18.4. The number of carboxylic acids is 1. The van der Waals surface area contributed by atoms with Gasteiger partial charge in [-0.05, 0) is 37.6 Å². The third kappa shape index (κ3) is 4.23. The van der Waals surface area contributed by atoms with Gasteiger partial charge in [0.1, 0.15) is 5.69 Å². The van der Waals surface area contributed by atoms with Crippen LogP contribution in [0.3, 0.4) is 0 Å². The number of rotatable bonds is 7. The lowest BCUT2D eigenvalue weighted by Crippen LogP contribution is -2.54. The molecule has 1 aromatic heterocycles. The van der Waals surface area contributed by atoms with Crippen molar-refractivity contribution in [3.8, 4) is 11.3 Å². The van der Waals surface area contributed by atoms with Gasteiger partial charge in [0.05, 0.1) is 12.2 Å². The van der Waals surface area contributed by atoms with Crippen LogP contribution in [0.15, 0.2) is 30.3 Å². The number of halogens is 1. The number of nitrogens with zero attached hydrogens (tertiary/aromatic N) is 2. The highest BCUT2D eigenvalue weighted by atomic mass is 35.5. The smallest absolute Gasteiger partial charge is 0.317 e. The third-order valence-corrected chi connectivity index (χ3v) is 4.92. The SMILES string of the molecule is CCN(CC(=O)O)C1CC(NC(=O)c2cc(-c3ccc(Cl)cc3)n[nH]2)C1. The van der Waals surface area contributed by atoms with Gasteiger partial charge in [-0.2, -0.15) is 5.10 Å². The standard InChI is InChI=1S/C18H21ClN4O3/c1-2-23(10-17(24)25)14-7-13(8-14)20-18(26)16-9-15(21-22-16)11-3-5-12(19)6-4-11/h3-6,9,13-14H,2,7-8,10H2,1H3,(H,20,26)(H,21,22)(H,24,25). The minimum atomic E-state index is -0.827. The summed E-state index contributed by atoms with van der Waals surface area (Å²) in [5.74, 6) is -1.03. The lowest BCUT2D eigenvalue weighted by atomic mass is 9.85. The van der Waals surface area contributed by atoms with Crippen LogP contribution in [-0.2, 0) is 4.79 Å². The van der Waals surface area contributed by atoms with E-state index in [4.69, 9.17) is 16.7 Å². The number of aliphatic carboxylic acids is 1. The molecule has 2 aromatic rings. The van der Waals surface area contributed by atoms with Crippen molar-refractivity contribution in [3.63, 3.8) is 0 Å². The van der Waals surface area contributed by atoms with E-state index in [9.17, 15) is 9.59 Å². The number of carbonyl (C=O) groups excluding carboxylic acids is 1. The largest absolute Gasteiger partial charge is 0.480 e. The second kappa shape index (κ2) is 7.88. The van der Waals surface area contributed by atoms with Crippen molar-refractivity contribution in [2.45, 2.75) is 31.8 Å². The quantitative estimate of drug-likeness (QED) is 0.689. The first-order valence-electron chi connectivity index (χ1n) is 8.54. The van der Waals surface area contributed by atoms with Crippen molar-refractivity contribution in [3.05, 3.63) is 41.0 Å². The predicted octanol–water partition coefficient (Wildman–Crippen LogP) is 2.40. The molecular weight excluding hydrogens is 356 g/mol. The summed E-state index contributed by atoms with van der Waals surface area (Å²) in [4.78, 5) is 25.1. The lowest BCUT2D eigenvalue weighted by Gasteiger charge is -2.42. The van der Waals surface area contributed by atoms with Crippen LogP contribution in [0, 0.1) is 0 Å². The zero-order valence-electron chi connectivity index (χ0n) is 14.4. The van der Waals surface area contributed by atoms with Crippen LogP contribution in [0.4, 0.5) is 0 Å². The predicted molar refractivity (Wildman–Crippen MR) is 98.2 cm³/mol. The molecule has 0 unspecified atom stereocenters. The Morgan fingerprint density at radius 3 is 2.65 bits per heavy atom. The average molecular weight is 377 g/mol. The molecule has 7 nitrogen and oxygen atoms in total. The topological polar surface area (TPSA) is 98.3 Å². The maximum Gasteiger partial charge on any atom is 0.317 e. The number of nitrogens with one attached hydrogen (secondary N) is 2. The number of benzene rings is 1. The molecular formula is C18H21ClN4O3. The number of amides is 1. The molecule has 0 aliphatic heterocycles. The number of hydrogen-bond donors (Lipinski definition) is 3. The molecule has 1 aliphatic rings. The van der Waals surface area contributed by atoms with Gasteiger partial charge in [0.15, 0.2) is 0 Å². The summed E-state index contributed by atoms with van der Waals surface area (Å²) in [6.07, 6.45) is 1.51. The molecule has 1 amide bonds. The monoisotopic (exact) mass is 376 g/mol.